The van der Waals surface area contributed by atoms with E-state index in [2.05, 4.69) is 4.90 Å². The van der Waals surface area contributed by atoms with Crippen LogP contribution in [0.2, 0.25) is 5.02 Å². The van der Waals surface area contributed by atoms with Gasteiger partial charge >= 0.3 is 0 Å². The Kier molecular flexibility index (Phi) is 4.26. The first-order valence-corrected chi connectivity index (χ1v) is 6.35. The lowest BCUT2D eigenvalue weighted by molar-refractivity contribution is 0.139. The van der Waals surface area contributed by atoms with E-state index in [-0.39, 0.29) is 0 Å². The SMILES string of the molecule is COCCN(Cc1ccc(N)cc1Cl)C1CC1. The lowest BCUT2D eigenvalue weighted by Crippen LogP contribution is -2.29. The second-order valence-corrected chi connectivity index (χ2v) is 4.95. The summed E-state index contributed by atoms with van der Waals surface area (Å²) in [6.45, 7) is 2.61. The van der Waals surface area contributed by atoms with E-state index >= 15 is 0 Å². The molecular formula is C13H19ClN2O. The smallest absolute Gasteiger partial charge is 0.0589 e. The predicted octanol–water partition coefficient (Wildman–Crippen LogP) is 2.53. The lowest BCUT2D eigenvalue weighted by Gasteiger charge is -2.22. The van der Waals surface area contributed by atoms with Crippen molar-refractivity contribution in [2.45, 2.75) is 25.4 Å². The summed E-state index contributed by atoms with van der Waals surface area (Å²) in [4.78, 5) is 2.43. The third kappa shape index (κ3) is 3.60. The molecule has 1 aliphatic rings. The van der Waals surface area contributed by atoms with Gasteiger partial charge in [0.15, 0.2) is 0 Å². The first kappa shape index (κ1) is 12.7. The summed E-state index contributed by atoms with van der Waals surface area (Å²) >= 11 is 6.19. The Bertz CT molecular complexity index is 380. The van der Waals surface area contributed by atoms with E-state index in [1.807, 2.05) is 18.2 Å². The van der Waals surface area contributed by atoms with Crippen LogP contribution in [0.3, 0.4) is 0 Å². The third-order valence-electron chi connectivity index (χ3n) is 3.10. The van der Waals surface area contributed by atoms with Crippen LogP contribution in [0.1, 0.15) is 18.4 Å². The molecule has 4 heteroatoms. The summed E-state index contributed by atoms with van der Waals surface area (Å²) in [5, 5.41) is 0.757. The molecule has 1 fully saturated rings. The fourth-order valence-electron chi connectivity index (χ4n) is 1.95. The largest absolute Gasteiger partial charge is 0.399 e. The Morgan fingerprint density at radius 3 is 2.82 bits per heavy atom. The number of methoxy groups -OCH3 is 1. The van der Waals surface area contributed by atoms with Crippen LogP contribution < -0.4 is 5.73 Å². The molecule has 1 aromatic rings. The van der Waals surface area contributed by atoms with Gasteiger partial charge in [-0.15, -0.1) is 0 Å². The standard InChI is InChI=1S/C13H19ClN2O/c1-17-7-6-16(12-4-5-12)9-10-2-3-11(15)8-13(10)14/h2-3,8,12H,4-7,9,15H2,1H3. The fraction of sp³-hybridized carbons (Fsp3) is 0.538. The zero-order valence-corrected chi connectivity index (χ0v) is 10.9. The number of nitrogens with zero attached hydrogens (tertiary/aromatic N) is 1. The number of rotatable bonds is 6. The summed E-state index contributed by atoms with van der Waals surface area (Å²) in [7, 11) is 1.74. The van der Waals surface area contributed by atoms with Crippen molar-refractivity contribution in [2.24, 2.45) is 0 Å². The fourth-order valence-corrected chi connectivity index (χ4v) is 2.20. The second kappa shape index (κ2) is 5.71. The molecule has 94 valence electrons. The van der Waals surface area contributed by atoms with Crippen molar-refractivity contribution in [2.75, 3.05) is 26.0 Å². The summed E-state index contributed by atoms with van der Waals surface area (Å²) < 4.78 is 5.14. The van der Waals surface area contributed by atoms with Crippen LogP contribution in [0.15, 0.2) is 18.2 Å². The number of ether oxygens (including phenoxy) is 1. The summed E-state index contributed by atoms with van der Waals surface area (Å²) in [6, 6.07) is 6.44. The molecule has 0 amide bonds. The maximum Gasteiger partial charge on any atom is 0.0589 e. The minimum absolute atomic E-state index is 0.707. The van der Waals surface area contributed by atoms with Gasteiger partial charge in [0.2, 0.25) is 0 Å². The van der Waals surface area contributed by atoms with Crippen LogP contribution in [-0.2, 0) is 11.3 Å². The highest BCUT2D eigenvalue weighted by Crippen LogP contribution is 2.29. The van der Waals surface area contributed by atoms with Crippen LogP contribution in [0.4, 0.5) is 5.69 Å². The Morgan fingerprint density at radius 2 is 2.24 bits per heavy atom. The molecule has 0 radical (unpaired) electrons. The number of nitrogen functional groups attached to an aromatic ring is 1. The number of nitrogens with two attached hydrogens (primary N) is 1. The van der Waals surface area contributed by atoms with Gasteiger partial charge in [-0.3, -0.25) is 4.90 Å². The van der Waals surface area contributed by atoms with Crippen LogP contribution in [-0.4, -0.2) is 31.2 Å². The van der Waals surface area contributed by atoms with Gasteiger partial charge < -0.3 is 10.5 Å². The molecule has 17 heavy (non-hydrogen) atoms. The van der Waals surface area contributed by atoms with E-state index in [0.717, 1.165) is 30.3 Å². The van der Waals surface area contributed by atoms with Gasteiger partial charge in [0.05, 0.1) is 6.61 Å². The predicted molar refractivity (Wildman–Crippen MR) is 71.2 cm³/mol. The molecule has 0 heterocycles. The molecular weight excluding hydrogens is 236 g/mol. The van der Waals surface area contributed by atoms with Crippen molar-refractivity contribution < 1.29 is 4.74 Å². The first-order valence-electron chi connectivity index (χ1n) is 5.97. The van der Waals surface area contributed by atoms with Crippen molar-refractivity contribution in [1.29, 1.82) is 0 Å². The van der Waals surface area contributed by atoms with E-state index in [1.54, 1.807) is 7.11 Å². The van der Waals surface area contributed by atoms with Crippen LogP contribution in [0, 0.1) is 0 Å². The first-order chi connectivity index (χ1) is 8.20. The van der Waals surface area contributed by atoms with Gasteiger partial charge in [0.25, 0.3) is 0 Å². The van der Waals surface area contributed by atoms with Gasteiger partial charge in [-0.2, -0.15) is 0 Å². The van der Waals surface area contributed by atoms with Gasteiger partial charge in [0.1, 0.15) is 0 Å². The topological polar surface area (TPSA) is 38.5 Å². The highest BCUT2D eigenvalue weighted by atomic mass is 35.5. The Hall–Kier alpha value is -0.770. The van der Waals surface area contributed by atoms with E-state index in [4.69, 9.17) is 22.1 Å². The zero-order chi connectivity index (χ0) is 12.3. The highest BCUT2D eigenvalue weighted by Gasteiger charge is 2.28. The molecule has 1 aliphatic carbocycles. The van der Waals surface area contributed by atoms with Crippen molar-refractivity contribution in [3.63, 3.8) is 0 Å². The van der Waals surface area contributed by atoms with E-state index in [9.17, 15) is 0 Å². The van der Waals surface area contributed by atoms with Gasteiger partial charge in [-0.1, -0.05) is 17.7 Å². The zero-order valence-electron chi connectivity index (χ0n) is 10.2. The van der Waals surface area contributed by atoms with Crippen molar-refractivity contribution in [1.82, 2.24) is 4.90 Å². The van der Waals surface area contributed by atoms with Crippen molar-refractivity contribution in [3.05, 3.63) is 28.8 Å². The number of hydrogen-bond donors (Lipinski definition) is 1. The molecule has 0 atom stereocenters. The van der Waals surface area contributed by atoms with Crippen molar-refractivity contribution >= 4 is 17.3 Å². The summed E-state index contributed by atoms with van der Waals surface area (Å²) in [5.74, 6) is 0. The second-order valence-electron chi connectivity index (χ2n) is 4.55. The van der Waals surface area contributed by atoms with E-state index in [0.29, 0.717) is 11.7 Å². The minimum Gasteiger partial charge on any atom is -0.399 e. The van der Waals surface area contributed by atoms with Gasteiger partial charge in [-0.05, 0) is 30.5 Å². The monoisotopic (exact) mass is 254 g/mol. The van der Waals surface area contributed by atoms with E-state index < -0.39 is 0 Å². The van der Waals surface area contributed by atoms with Crippen LogP contribution >= 0.6 is 11.6 Å². The molecule has 0 saturated heterocycles. The van der Waals surface area contributed by atoms with Gasteiger partial charge in [-0.25, -0.2) is 0 Å². The number of hydrogen-bond acceptors (Lipinski definition) is 3. The molecule has 1 aromatic carbocycles. The number of halogens is 1. The Morgan fingerprint density at radius 1 is 1.47 bits per heavy atom. The van der Waals surface area contributed by atoms with Crippen LogP contribution in [0.25, 0.3) is 0 Å². The van der Waals surface area contributed by atoms with Gasteiger partial charge in [0, 0.05) is 37.0 Å². The average Bonchev–Trinajstić information content (AvgIpc) is 3.11. The van der Waals surface area contributed by atoms with E-state index in [1.165, 1.54) is 12.8 Å². The number of anilines is 1. The normalized spacial score (nSPS) is 15.5. The molecule has 0 unspecified atom stereocenters. The molecule has 0 aromatic heterocycles. The Labute approximate surface area is 107 Å². The van der Waals surface area contributed by atoms with Crippen LogP contribution in [0.5, 0.6) is 0 Å². The molecule has 0 spiro atoms. The highest BCUT2D eigenvalue weighted by molar-refractivity contribution is 6.31. The lowest BCUT2D eigenvalue weighted by atomic mass is 10.2. The maximum absolute atomic E-state index is 6.19. The minimum atomic E-state index is 0.707. The molecule has 0 bridgehead atoms. The molecule has 2 rings (SSSR count). The quantitative estimate of drug-likeness (QED) is 0.793. The molecule has 2 N–H and O–H groups in total. The van der Waals surface area contributed by atoms with Crippen molar-refractivity contribution in [3.8, 4) is 0 Å². The number of benzene rings is 1. The summed E-state index contributed by atoms with van der Waals surface area (Å²) in [6.07, 6.45) is 2.58. The third-order valence-corrected chi connectivity index (χ3v) is 3.45. The summed E-state index contributed by atoms with van der Waals surface area (Å²) in [5.41, 5.74) is 7.55. The maximum atomic E-state index is 6.19. The molecule has 0 aliphatic heterocycles. The molecule has 1 saturated carbocycles. The average molecular weight is 255 g/mol. The Balaban J connectivity index is 2.00. The molecule has 3 nitrogen and oxygen atoms in total.